The van der Waals surface area contributed by atoms with Gasteiger partial charge in [0.05, 0.1) is 0 Å². The zero-order valence-corrected chi connectivity index (χ0v) is 10.6. The van der Waals surface area contributed by atoms with Crippen molar-refractivity contribution in [2.24, 2.45) is 0 Å². The summed E-state index contributed by atoms with van der Waals surface area (Å²) in [5.41, 5.74) is 0.614. The van der Waals surface area contributed by atoms with E-state index in [0.717, 1.165) is 31.9 Å². The predicted molar refractivity (Wildman–Crippen MR) is 67.1 cm³/mol. The van der Waals surface area contributed by atoms with Crippen LogP contribution in [0.5, 0.6) is 0 Å². The van der Waals surface area contributed by atoms with Gasteiger partial charge >= 0.3 is 0 Å². The Kier molecular flexibility index (Phi) is 6.12. The summed E-state index contributed by atoms with van der Waals surface area (Å²) in [6.45, 7) is 5.24. The molecular formula is C14H21F2N. The van der Waals surface area contributed by atoms with E-state index >= 15 is 0 Å². The first-order valence-corrected chi connectivity index (χ1v) is 6.27. The quantitative estimate of drug-likeness (QED) is 0.718. The van der Waals surface area contributed by atoms with Crippen LogP contribution in [0.25, 0.3) is 0 Å². The average molecular weight is 241 g/mol. The number of rotatable bonds is 7. The maximum absolute atomic E-state index is 13.3. The first-order valence-electron chi connectivity index (χ1n) is 6.27. The molecule has 0 aliphatic heterocycles. The minimum absolute atomic E-state index is 0.426. The van der Waals surface area contributed by atoms with Crippen molar-refractivity contribution in [3.05, 3.63) is 35.4 Å². The zero-order chi connectivity index (χ0) is 12.7. The lowest BCUT2D eigenvalue weighted by Gasteiger charge is -2.07. The van der Waals surface area contributed by atoms with Gasteiger partial charge in [0.15, 0.2) is 0 Å². The van der Waals surface area contributed by atoms with Gasteiger partial charge in [0, 0.05) is 12.1 Å². The van der Waals surface area contributed by atoms with Crippen LogP contribution in [-0.4, -0.2) is 12.6 Å². The first-order chi connectivity index (χ1) is 8.09. The van der Waals surface area contributed by atoms with Gasteiger partial charge in [-0.2, -0.15) is 0 Å². The van der Waals surface area contributed by atoms with Gasteiger partial charge in [-0.25, -0.2) is 8.78 Å². The second-order valence-electron chi connectivity index (χ2n) is 4.66. The summed E-state index contributed by atoms with van der Waals surface area (Å²) in [5.74, 6) is -0.933. The Labute approximate surface area is 102 Å². The van der Waals surface area contributed by atoms with E-state index in [4.69, 9.17) is 0 Å². The number of hydrogen-bond acceptors (Lipinski definition) is 1. The van der Waals surface area contributed by atoms with E-state index in [9.17, 15) is 8.78 Å². The molecule has 3 heteroatoms. The van der Waals surface area contributed by atoms with Gasteiger partial charge in [-0.15, -0.1) is 0 Å². The summed E-state index contributed by atoms with van der Waals surface area (Å²) >= 11 is 0. The molecule has 0 radical (unpaired) electrons. The summed E-state index contributed by atoms with van der Waals surface area (Å²) in [6.07, 6.45) is 3.80. The van der Waals surface area contributed by atoms with Crippen molar-refractivity contribution in [3.63, 3.8) is 0 Å². The van der Waals surface area contributed by atoms with Crippen molar-refractivity contribution in [2.75, 3.05) is 6.54 Å². The van der Waals surface area contributed by atoms with E-state index in [0.29, 0.717) is 18.0 Å². The largest absolute Gasteiger partial charge is 0.315 e. The zero-order valence-electron chi connectivity index (χ0n) is 10.6. The second kappa shape index (κ2) is 7.38. The molecule has 0 unspecified atom stereocenters. The van der Waals surface area contributed by atoms with Gasteiger partial charge in [-0.3, -0.25) is 0 Å². The molecule has 0 fully saturated rings. The Hall–Kier alpha value is -0.960. The van der Waals surface area contributed by atoms with E-state index in [2.05, 4.69) is 19.2 Å². The van der Waals surface area contributed by atoms with Gasteiger partial charge in [0.2, 0.25) is 0 Å². The molecule has 17 heavy (non-hydrogen) atoms. The lowest BCUT2D eigenvalue weighted by atomic mass is 10.1. The van der Waals surface area contributed by atoms with Crippen LogP contribution in [0.1, 0.15) is 38.7 Å². The minimum atomic E-state index is -0.507. The maximum atomic E-state index is 13.3. The molecule has 1 N–H and O–H groups in total. The summed E-state index contributed by atoms with van der Waals surface area (Å²) in [4.78, 5) is 0. The van der Waals surface area contributed by atoms with Gasteiger partial charge in [0.25, 0.3) is 0 Å². The molecule has 1 nitrogen and oxygen atoms in total. The van der Waals surface area contributed by atoms with Crippen molar-refractivity contribution < 1.29 is 8.78 Å². The topological polar surface area (TPSA) is 12.0 Å². The molecule has 0 atom stereocenters. The Morgan fingerprint density at radius 2 is 1.88 bits per heavy atom. The minimum Gasteiger partial charge on any atom is -0.315 e. The van der Waals surface area contributed by atoms with Crippen LogP contribution in [0.15, 0.2) is 18.2 Å². The highest BCUT2D eigenvalue weighted by Gasteiger charge is 2.03. The third kappa shape index (κ3) is 5.78. The Morgan fingerprint density at radius 1 is 1.12 bits per heavy atom. The molecular weight excluding hydrogens is 220 g/mol. The van der Waals surface area contributed by atoms with Gasteiger partial charge in [0.1, 0.15) is 11.6 Å². The molecule has 0 amide bonds. The molecule has 96 valence electrons. The molecule has 0 saturated heterocycles. The molecule has 0 spiro atoms. The van der Waals surface area contributed by atoms with Crippen LogP contribution in [0.2, 0.25) is 0 Å². The van der Waals surface area contributed by atoms with Crippen molar-refractivity contribution in [2.45, 2.75) is 45.6 Å². The third-order valence-corrected chi connectivity index (χ3v) is 2.69. The fourth-order valence-corrected chi connectivity index (χ4v) is 1.73. The first kappa shape index (κ1) is 14.1. The molecule has 0 saturated carbocycles. The molecule has 1 rings (SSSR count). The lowest BCUT2D eigenvalue weighted by Crippen LogP contribution is -2.23. The molecule has 0 bridgehead atoms. The third-order valence-electron chi connectivity index (χ3n) is 2.69. The van der Waals surface area contributed by atoms with Crippen LogP contribution in [0.4, 0.5) is 8.78 Å². The van der Waals surface area contributed by atoms with Gasteiger partial charge in [-0.1, -0.05) is 26.3 Å². The predicted octanol–water partition coefficient (Wildman–Crippen LogP) is 3.68. The fraction of sp³-hybridized carbons (Fsp3) is 0.571. The molecule has 1 aromatic carbocycles. The van der Waals surface area contributed by atoms with E-state index in [1.54, 1.807) is 0 Å². The smallest absolute Gasteiger partial charge is 0.129 e. The van der Waals surface area contributed by atoms with Crippen LogP contribution in [0.3, 0.4) is 0 Å². The summed E-state index contributed by atoms with van der Waals surface area (Å²) in [5, 5.41) is 3.34. The van der Waals surface area contributed by atoms with Crippen LogP contribution >= 0.6 is 0 Å². The summed E-state index contributed by atoms with van der Waals surface area (Å²) < 4.78 is 25.9. The highest BCUT2D eigenvalue weighted by molar-refractivity contribution is 5.18. The lowest BCUT2D eigenvalue weighted by molar-refractivity contribution is 0.540. The molecule has 0 aliphatic rings. The Morgan fingerprint density at radius 3 is 2.53 bits per heavy atom. The Balaban J connectivity index is 2.18. The summed E-state index contributed by atoms with van der Waals surface area (Å²) in [7, 11) is 0. The standard InChI is InChI=1S/C14H21F2N/c1-11(2)17-9-5-3-4-6-12-7-8-13(15)10-14(12)16/h7-8,10-11,17H,3-6,9H2,1-2H3. The second-order valence-corrected chi connectivity index (χ2v) is 4.66. The van der Waals surface area contributed by atoms with E-state index in [-0.39, 0.29) is 0 Å². The number of nitrogens with one attached hydrogen (secondary N) is 1. The van der Waals surface area contributed by atoms with Crippen LogP contribution in [0, 0.1) is 11.6 Å². The highest BCUT2D eigenvalue weighted by Crippen LogP contribution is 2.12. The molecule has 1 aromatic rings. The molecule has 0 aliphatic carbocycles. The Bertz CT molecular complexity index is 337. The van der Waals surface area contributed by atoms with E-state index < -0.39 is 11.6 Å². The van der Waals surface area contributed by atoms with Crippen molar-refractivity contribution in [1.29, 1.82) is 0 Å². The number of aryl methyl sites for hydroxylation is 1. The number of benzene rings is 1. The number of unbranched alkanes of at least 4 members (excludes halogenated alkanes) is 2. The van der Waals surface area contributed by atoms with Crippen molar-refractivity contribution in [3.8, 4) is 0 Å². The van der Waals surface area contributed by atoms with Gasteiger partial charge in [-0.05, 0) is 37.4 Å². The van der Waals surface area contributed by atoms with Gasteiger partial charge < -0.3 is 5.32 Å². The van der Waals surface area contributed by atoms with Crippen molar-refractivity contribution in [1.82, 2.24) is 5.32 Å². The van der Waals surface area contributed by atoms with Crippen molar-refractivity contribution >= 4 is 0 Å². The normalized spacial score (nSPS) is 11.1. The van der Waals surface area contributed by atoms with Crippen LogP contribution in [-0.2, 0) is 6.42 Å². The summed E-state index contributed by atoms with van der Waals surface area (Å²) in [6, 6.07) is 4.33. The fourth-order valence-electron chi connectivity index (χ4n) is 1.73. The molecule has 0 heterocycles. The number of hydrogen-bond donors (Lipinski definition) is 1. The maximum Gasteiger partial charge on any atom is 0.129 e. The van der Waals surface area contributed by atoms with E-state index in [1.807, 2.05) is 0 Å². The number of halogens is 2. The van der Waals surface area contributed by atoms with E-state index in [1.165, 1.54) is 12.1 Å². The highest BCUT2D eigenvalue weighted by atomic mass is 19.1. The SMILES string of the molecule is CC(C)NCCCCCc1ccc(F)cc1F. The average Bonchev–Trinajstić information content (AvgIpc) is 2.25. The van der Waals surface area contributed by atoms with Crippen LogP contribution < -0.4 is 5.32 Å². The monoisotopic (exact) mass is 241 g/mol. The molecule has 0 aromatic heterocycles.